The lowest BCUT2D eigenvalue weighted by molar-refractivity contribution is -0.0240. The van der Waals surface area contributed by atoms with E-state index in [2.05, 4.69) is 0 Å². The van der Waals surface area contributed by atoms with Crippen LogP contribution in [0.15, 0.2) is 34.9 Å². The monoisotopic (exact) mass is 275 g/mol. The van der Waals surface area contributed by atoms with Gasteiger partial charge in [-0.2, -0.15) is 0 Å². The van der Waals surface area contributed by atoms with E-state index in [1.54, 1.807) is 0 Å². The lowest BCUT2D eigenvalue weighted by atomic mass is 10.1. The second-order valence-electron chi connectivity index (χ2n) is 4.95. The predicted octanol–water partition coefficient (Wildman–Crippen LogP) is 1.31. The summed E-state index contributed by atoms with van der Waals surface area (Å²) in [4.78, 5) is 14.4. The highest BCUT2D eigenvalue weighted by atomic mass is 16.5. The second-order valence-corrected chi connectivity index (χ2v) is 4.95. The number of aliphatic hydroxyl groups is 1. The minimum atomic E-state index is -0.106. The van der Waals surface area contributed by atoms with Crippen molar-refractivity contribution in [2.24, 2.45) is 0 Å². The molecule has 0 saturated carbocycles. The van der Waals surface area contributed by atoms with E-state index >= 15 is 0 Å². The summed E-state index contributed by atoms with van der Waals surface area (Å²) in [5.41, 5.74) is 1.32. The smallest absolute Gasteiger partial charge is 0.180 e. The zero-order valence-corrected chi connectivity index (χ0v) is 11.1. The first-order chi connectivity index (χ1) is 9.79. The zero-order chi connectivity index (χ0) is 13.9. The van der Waals surface area contributed by atoms with E-state index in [1.165, 1.54) is 6.26 Å². The van der Waals surface area contributed by atoms with E-state index in [-0.39, 0.29) is 25.0 Å². The van der Waals surface area contributed by atoms with E-state index in [0.717, 1.165) is 11.0 Å². The van der Waals surface area contributed by atoms with Crippen LogP contribution in [0.25, 0.3) is 11.0 Å². The van der Waals surface area contributed by atoms with Gasteiger partial charge in [-0.3, -0.25) is 9.69 Å². The van der Waals surface area contributed by atoms with Crippen molar-refractivity contribution in [1.82, 2.24) is 4.90 Å². The number of aliphatic hydroxyl groups excluding tert-OH is 1. The number of nitrogens with zero attached hydrogens (tertiary/aromatic N) is 1. The summed E-state index contributed by atoms with van der Waals surface area (Å²) in [6.45, 7) is 2.00. The molecule has 1 aromatic heterocycles. The molecule has 1 fully saturated rings. The highest BCUT2D eigenvalue weighted by Crippen LogP contribution is 2.21. The average Bonchev–Trinajstić information content (AvgIpc) is 2.92. The van der Waals surface area contributed by atoms with Crippen LogP contribution in [0.4, 0.5) is 0 Å². The van der Waals surface area contributed by atoms with E-state index in [4.69, 9.17) is 9.15 Å². The van der Waals surface area contributed by atoms with Crippen molar-refractivity contribution < 1.29 is 19.1 Å². The van der Waals surface area contributed by atoms with Crippen LogP contribution in [0.2, 0.25) is 0 Å². The Morgan fingerprint density at radius 1 is 1.40 bits per heavy atom. The predicted molar refractivity (Wildman–Crippen MR) is 73.8 cm³/mol. The van der Waals surface area contributed by atoms with E-state index in [0.29, 0.717) is 25.3 Å². The normalized spacial score (nSPS) is 20.4. The molecule has 1 unspecified atom stereocenters. The van der Waals surface area contributed by atoms with Crippen molar-refractivity contribution in [3.63, 3.8) is 0 Å². The first kappa shape index (κ1) is 13.3. The fourth-order valence-electron chi connectivity index (χ4n) is 2.53. The summed E-state index contributed by atoms with van der Waals surface area (Å²) >= 11 is 0. The van der Waals surface area contributed by atoms with Gasteiger partial charge in [0, 0.05) is 11.9 Å². The Hall–Kier alpha value is -1.69. The topological polar surface area (TPSA) is 62.9 Å². The number of rotatable bonds is 4. The van der Waals surface area contributed by atoms with Crippen molar-refractivity contribution in [1.29, 1.82) is 0 Å². The van der Waals surface area contributed by atoms with Crippen LogP contribution in [0, 0.1) is 0 Å². The van der Waals surface area contributed by atoms with E-state index < -0.39 is 0 Å². The molecule has 2 heterocycles. The maximum atomic E-state index is 12.4. The number of morpholine rings is 1. The lowest BCUT2D eigenvalue weighted by Crippen LogP contribution is -2.49. The minimum absolute atomic E-state index is 0.000581. The third-order valence-electron chi connectivity index (χ3n) is 3.69. The summed E-state index contributed by atoms with van der Waals surface area (Å²) in [5, 5.41) is 10.2. The van der Waals surface area contributed by atoms with Gasteiger partial charge >= 0.3 is 0 Å². The summed E-state index contributed by atoms with van der Waals surface area (Å²) in [6.07, 6.45) is 1.52. The highest BCUT2D eigenvalue weighted by molar-refractivity contribution is 6.08. The molecular weight excluding hydrogens is 258 g/mol. The number of hydrogen-bond acceptors (Lipinski definition) is 5. The van der Waals surface area contributed by atoms with E-state index in [9.17, 15) is 9.90 Å². The van der Waals surface area contributed by atoms with Gasteiger partial charge in [0.2, 0.25) is 0 Å². The van der Waals surface area contributed by atoms with Gasteiger partial charge in [-0.15, -0.1) is 0 Å². The van der Waals surface area contributed by atoms with Crippen molar-refractivity contribution in [3.05, 3.63) is 36.1 Å². The van der Waals surface area contributed by atoms with Crippen molar-refractivity contribution in [2.75, 3.05) is 32.9 Å². The number of carbonyl (C=O) groups is 1. The molecule has 0 amide bonds. The average molecular weight is 275 g/mol. The lowest BCUT2D eigenvalue weighted by Gasteiger charge is -2.33. The molecule has 2 aromatic rings. The molecule has 1 atom stereocenters. The number of Topliss-reactive ketones (excluding diaryl/α,β-unsaturated/α-hetero) is 1. The molecule has 5 nitrogen and oxygen atoms in total. The van der Waals surface area contributed by atoms with Gasteiger partial charge in [0.25, 0.3) is 0 Å². The number of furan rings is 1. The Labute approximate surface area is 116 Å². The van der Waals surface area contributed by atoms with Gasteiger partial charge in [-0.1, -0.05) is 18.2 Å². The van der Waals surface area contributed by atoms with Crippen LogP contribution in [-0.2, 0) is 4.74 Å². The number of hydrogen-bond donors (Lipinski definition) is 1. The van der Waals surface area contributed by atoms with Crippen LogP contribution < -0.4 is 0 Å². The molecule has 0 spiro atoms. The first-order valence-electron chi connectivity index (χ1n) is 6.71. The summed E-state index contributed by atoms with van der Waals surface area (Å²) in [5.74, 6) is 0.00954. The molecule has 0 radical (unpaired) electrons. The van der Waals surface area contributed by atoms with Gasteiger partial charge in [-0.25, -0.2) is 0 Å². The van der Waals surface area contributed by atoms with Gasteiger partial charge in [0.05, 0.1) is 38.0 Å². The molecule has 3 rings (SSSR count). The number of benzene rings is 1. The second kappa shape index (κ2) is 5.75. The van der Waals surface area contributed by atoms with E-state index in [1.807, 2.05) is 29.2 Å². The minimum Gasteiger partial charge on any atom is -0.464 e. The van der Waals surface area contributed by atoms with Crippen LogP contribution in [0.5, 0.6) is 0 Å². The fraction of sp³-hybridized carbons (Fsp3) is 0.400. The number of ether oxygens (including phenoxy) is 1. The maximum absolute atomic E-state index is 12.4. The molecule has 1 aliphatic heterocycles. The molecule has 20 heavy (non-hydrogen) atoms. The van der Waals surface area contributed by atoms with Crippen molar-refractivity contribution in [3.8, 4) is 0 Å². The molecule has 106 valence electrons. The largest absolute Gasteiger partial charge is 0.464 e. The molecule has 0 aliphatic carbocycles. The maximum Gasteiger partial charge on any atom is 0.180 e. The Morgan fingerprint density at radius 3 is 3.10 bits per heavy atom. The SMILES string of the molecule is O=C(CN1CCOCC1CO)c1coc2ccccc12. The zero-order valence-electron chi connectivity index (χ0n) is 11.1. The first-order valence-corrected chi connectivity index (χ1v) is 6.71. The van der Waals surface area contributed by atoms with Gasteiger partial charge < -0.3 is 14.3 Å². The van der Waals surface area contributed by atoms with Crippen LogP contribution in [0.1, 0.15) is 10.4 Å². The van der Waals surface area contributed by atoms with Crippen molar-refractivity contribution >= 4 is 16.8 Å². The quantitative estimate of drug-likeness (QED) is 0.852. The van der Waals surface area contributed by atoms with Gasteiger partial charge in [0.15, 0.2) is 5.78 Å². The molecule has 1 aliphatic rings. The fourth-order valence-corrected chi connectivity index (χ4v) is 2.53. The Morgan fingerprint density at radius 2 is 2.25 bits per heavy atom. The van der Waals surface area contributed by atoms with Crippen LogP contribution in [0.3, 0.4) is 0 Å². The standard InChI is InChI=1S/C15H17NO4/c17-8-11-9-19-6-5-16(11)7-14(18)13-10-20-15-4-2-1-3-12(13)15/h1-4,10-11,17H,5-9H2. The molecule has 5 heteroatoms. The third kappa shape index (κ3) is 2.47. The number of ketones is 1. The summed E-state index contributed by atoms with van der Waals surface area (Å²) in [6, 6.07) is 7.39. The summed E-state index contributed by atoms with van der Waals surface area (Å²) < 4.78 is 10.7. The Bertz CT molecular complexity index is 607. The number of carbonyl (C=O) groups excluding carboxylic acids is 1. The van der Waals surface area contributed by atoms with Crippen molar-refractivity contribution in [2.45, 2.75) is 6.04 Å². The third-order valence-corrected chi connectivity index (χ3v) is 3.69. The number of fused-ring (bicyclic) bond motifs is 1. The molecule has 0 bridgehead atoms. The van der Waals surface area contributed by atoms with Gasteiger partial charge in [-0.05, 0) is 6.07 Å². The summed E-state index contributed by atoms with van der Waals surface area (Å²) in [7, 11) is 0. The molecule has 1 aromatic carbocycles. The van der Waals surface area contributed by atoms with Crippen LogP contribution >= 0.6 is 0 Å². The number of para-hydroxylation sites is 1. The van der Waals surface area contributed by atoms with Gasteiger partial charge in [0.1, 0.15) is 11.8 Å². The highest BCUT2D eigenvalue weighted by Gasteiger charge is 2.25. The molecular formula is C15H17NO4. The molecule has 1 N–H and O–H groups in total. The van der Waals surface area contributed by atoms with Crippen LogP contribution in [-0.4, -0.2) is 54.7 Å². The Balaban J connectivity index is 1.78. The Kier molecular flexibility index (Phi) is 3.82. The molecule has 1 saturated heterocycles.